The van der Waals surface area contributed by atoms with Gasteiger partial charge in [-0.25, -0.2) is 9.41 Å². The highest BCUT2D eigenvalue weighted by Crippen LogP contribution is 2.34. The Bertz CT molecular complexity index is 895. The van der Waals surface area contributed by atoms with Crippen LogP contribution in [0.25, 0.3) is 5.70 Å². The number of pyridine rings is 1. The van der Waals surface area contributed by atoms with Gasteiger partial charge >= 0.3 is 5.79 Å². The molecule has 2 unspecified atom stereocenters. The van der Waals surface area contributed by atoms with E-state index in [9.17, 15) is 4.79 Å². The Morgan fingerprint density at radius 1 is 1.25 bits per heavy atom. The summed E-state index contributed by atoms with van der Waals surface area (Å²) >= 11 is 6.66. The van der Waals surface area contributed by atoms with E-state index in [2.05, 4.69) is 20.6 Å². The molecule has 3 rings (SSSR count). The minimum atomic E-state index is -1.58. The number of aliphatic hydroxyl groups excluding tert-OH is 2. The maximum absolute atomic E-state index is 13.1. The number of carbonyl (C=O) groups excluding carboxylic acids is 1. The van der Waals surface area contributed by atoms with Crippen molar-refractivity contribution in [2.24, 2.45) is 10.7 Å². The molecule has 6 N–H and O–H groups in total. The number of rotatable bonds is 8. The maximum Gasteiger partial charge on any atom is 0.303 e. The lowest BCUT2D eigenvalue weighted by atomic mass is 10.1. The molecule has 0 saturated carbocycles. The molecule has 0 fully saturated rings. The second kappa shape index (κ2) is 12.8. The van der Waals surface area contributed by atoms with Crippen LogP contribution in [0.4, 0.5) is 5.69 Å². The van der Waals surface area contributed by atoms with E-state index in [1.54, 1.807) is 36.8 Å². The van der Waals surface area contributed by atoms with Crippen molar-refractivity contribution in [1.82, 2.24) is 14.7 Å². The Labute approximate surface area is 192 Å². The van der Waals surface area contributed by atoms with Crippen molar-refractivity contribution >= 4 is 35.3 Å². The van der Waals surface area contributed by atoms with Crippen LogP contribution in [0.2, 0.25) is 0 Å². The van der Waals surface area contributed by atoms with Gasteiger partial charge in [-0.2, -0.15) is 0 Å². The van der Waals surface area contributed by atoms with Crippen molar-refractivity contribution < 1.29 is 15.0 Å². The van der Waals surface area contributed by atoms with Crippen LogP contribution in [-0.2, 0) is 4.79 Å². The first-order chi connectivity index (χ1) is 15.4. The van der Waals surface area contributed by atoms with Gasteiger partial charge in [0.2, 0.25) is 0 Å². The number of nitrogens with one attached hydrogen (secondary N) is 2. The number of halogens is 1. The molecular weight excluding hydrogens is 432 g/mol. The standard InChI is InChI=1S/C19H20ClN5O2.C3H9NO/c20-25-17(15-7-11-21-12-8-15)9-13-23-19(25,18(27)22-10-4-14-26)24-16-5-2-1-3-6-16;1-2-3(4)5/h1-3,5-9,11-13,24,26H,4,10,14H2,(H,22,27);3,5H,2,4H2,1H3. The van der Waals surface area contributed by atoms with E-state index < -0.39 is 17.9 Å². The van der Waals surface area contributed by atoms with Gasteiger partial charge in [-0.3, -0.25) is 9.78 Å². The first-order valence-corrected chi connectivity index (χ1v) is 10.6. The summed E-state index contributed by atoms with van der Waals surface area (Å²) < 4.78 is 1.28. The van der Waals surface area contributed by atoms with Crippen LogP contribution in [0.3, 0.4) is 0 Å². The van der Waals surface area contributed by atoms with E-state index in [-0.39, 0.29) is 6.61 Å². The number of anilines is 1. The van der Waals surface area contributed by atoms with E-state index in [0.717, 1.165) is 5.56 Å². The van der Waals surface area contributed by atoms with Gasteiger partial charge in [0.25, 0.3) is 5.91 Å². The lowest BCUT2D eigenvalue weighted by molar-refractivity contribution is -0.128. The third-order valence-electron chi connectivity index (χ3n) is 4.41. The van der Waals surface area contributed by atoms with Crippen LogP contribution >= 0.6 is 11.8 Å². The fraction of sp³-hybridized carbons (Fsp3) is 0.318. The molecule has 0 bridgehead atoms. The second-order valence-electron chi connectivity index (χ2n) is 6.82. The highest BCUT2D eigenvalue weighted by molar-refractivity contribution is 6.21. The van der Waals surface area contributed by atoms with Gasteiger partial charge in [0.1, 0.15) is 6.23 Å². The normalized spacial score (nSPS) is 18.2. The van der Waals surface area contributed by atoms with Gasteiger partial charge in [0.05, 0.1) is 5.70 Å². The predicted molar refractivity (Wildman–Crippen MR) is 126 cm³/mol. The zero-order valence-electron chi connectivity index (χ0n) is 17.9. The zero-order valence-corrected chi connectivity index (χ0v) is 18.6. The third-order valence-corrected chi connectivity index (χ3v) is 4.84. The summed E-state index contributed by atoms with van der Waals surface area (Å²) in [6, 6.07) is 12.8. The molecule has 2 aromatic rings. The van der Waals surface area contributed by atoms with Gasteiger partial charge in [0, 0.05) is 54.8 Å². The quantitative estimate of drug-likeness (QED) is 0.230. The largest absolute Gasteiger partial charge is 0.396 e. The molecule has 1 aliphatic heterocycles. The number of amides is 1. The van der Waals surface area contributed by atoms with Gasteiger partial charge in [-0.1, -0.05) is 25.1 Å². The molecule has 1 aliphatic rings. The van der Waals surface area contributed by atoms with Crippen molar-refractivity contribution in [3.05, 3.63) is 66.5 Å². The monoisotopic (exact) mass is 460 g/mol. The number of aliphatic hydroxyl groups is 2. The second-order valence-corrected chi connectivity index (χ2v) is 7.16. The minimum absolute atomic E-state index is 0.0184. The zero-order chi connectivity index (χ0) is 23.4. The van der Waals surface area contributed by atoms with E-state index in [0.29, 0.717) is 30.8 Å². The van der Waals surface area contributed by atoms with Crippen LogP contribution in [0.1, 0.15) is 25.3 Å². The molecule has 0 radical (unpaired) electrons. The van der Waals surface area contributed by atoms with Crippen molar-refractivity contribution in [1.29, 1.82) is 0 Å². The van der Waals surface area contributed by atoms with Crippen LogP contribution in [0.5, 0.6) is 0 Å². The fourth-order valence-electron chi connectivity index (χ4n) is 2.65. The summed E-state index contributed by atoms with van der Waals surface area (Å²) in [5.74, 6) is -2.00. The lowest BCUT2D eigenvalue weighted by Crippen LogP contribution is -2.60. The average molecular weight is 461 g/mol. The summed E-state index contributed by atoms with van der Waals surface area (Å²) in [6.45, 7) is 2.11. The summed E-state index contributed by atoms with van der Waals surface area (Å²) in [5, 5.41) is 23.0. The smallest absolute Gasteiger partial charge is 0.303 e. The number of para-hydroxylation sites is 1. The molecule has 172 valence electrons. The summed E-state index contributed by atoms with van der Waals surface area (Å²) in [4.78, 5) is 21.4. The number of carbonyl (C=O) groups is 1. The molecular formula is C22H29ClN6O3. The van der Waals surface area contributed by atoms with Crippen molar-refractivity contribution in [3.63, 3.8) is 0 Å². The summed E-state index contributed by atoms with van der Waals surface area (Å²) in [7, 11) is 0. The molecule has 2 atom stereocenters. The van der Waals surface area contributed by atoms with Gasteiger partial charge in [-0.15, -0.1) is 0 Å². The van der Waals surface area contributed by atoms with E-state index in [1.165, 1.54) is 4.42 Å². The first kappa shape index (κ1) is 25.3. The number of hydrogen-bond acceptors (Lipinski definition) is 8. The Kier molecular flexibility index (Phi) is 10.1. The Morgan fingerprint density at radius 3 is 2.50 bits per heavy atom. The van der Waals surface area contributed by atoms with Crippen LogP contribution in [0, 0.1) is 0 Å². The molecule has 10 heteroatoms. The number of nitrogens with two attached hydrogens (primary N) is 1. The highest BCUT2D eigenvalue weighted by atomic mass is 35.5. The van der Waals surface area contributed by atoms with Gasteiger partial charge in [-0.05, 0) is 43.2 Å². The summed E-state index contributed by atoms with van der Waals surface area (Å²) in [5.41, 5.74) is 6.94. The van der Waals surface area contributed by atoms with Gasteiger partial charge < -0.3 is 26.6 Å². The molecule has 0 saturated heterocycles. The third kappa shape index (κ3) is 6.76. The SMILES string of the molecule is CCC(N)O.O=C(NCCCO)C1(Nc2ccccc2)N=CC=C(c2ccncc2)N1Cl. The molecule has 1 aromatic heterocycles. The van der Waals surface area contributed by atoms with E-state index >= 15 is 0 Å². The van der Waals surface area contributed by atoms with Crippen LogP contribution in [0.15, 0.2) is 65.9 Å². The number of nitrogens with zero attached hydrogens (tertiary/aromatic N) is 3. The molecule has 2 heterocycles. The number of benzene rings is 1. The average Bonchev–Trinajstić information content (AvgIpc) is 2.82. The Hall–Kier alpha value is -2.98. The fourth-order valence-corrected chi connectivity index (χ4v) is 2.97. The molecule has 0 aliphatic carbocycles. The van der Waals surface area contributed by atoms with Crippen molar-refractivity contribution in [3.8, 4) is 0 Å². The van der Waals surface area contributed by atoms with Gasteiger partial charge in [0.15, 0.2) is 0 Å². The van der Waals surface area contributed by atoms with Crippen LogP contribution < -0.4 is 16.4 Å². The molecule has 1 aromatic carbocycles. The van der Waals surface area contributed by atoms with Crippen LogP contribution in [-0.4, -0.2) is 56.9 Å². The first-order valence-electron chi connectivity index (χ1n) is 10.2. The topological polar surface area (TPSA) is 136 Å². The molecule has 9 nitrogen and oxygen atoms in total. The van der Waals surface area contributed by atoms with Crippen molar-refractivity contribution in [2.45, 2.75) is 31.8 Å². The minimum Gasteiger partial charge on any atom is -0.396 e. The number of hydrogen-bond donors (Lipinski definition) is 5. The molecule has 32 heavy (non-hydrogen) atoms. The predicted octanol–water partition coefficient (Wildman–Crippen LogP) is 1.90. The highest BCUT2D eigenvalue weighted by Gasteiger charge is 2.46. The van der Waals surface area contributed by atoms with E-state index in [4.69, 9.17) is 27.7 Å². The number of aromatic nitrogens is 1. The van der Waals surface area contributed by atoms with E-state index in [1.807, 2.05) is 37.3 Å². The maximum atomic E-state index is 13.1. The Morgan fingerprint density at radius 2 is 1.91 bits per heavy atom. The van der Waals surface area contributed by atoms with Crippen molar-refractivity contribution in [2.75, 3.05) is 18.5 Å². The number of aliphatic imine (C=N–C) groups is 1. The summed E-state index contributed by atoms with van der Waals surface area (Å²) in [6.07, 6.45) is 7.05. The Balaban J connectivity index is 0.000000654. The molecule has 1 amide bonds. The molecule has 0 spiro atoms. The number of allylic oxidation sites excluding steroid dienone is 1. The lowest BCUT2D eigenvalue weighted by Gasteiger charge is -2.39.